The lowest BCUT2D eigenvalue weighted by Crippen LogP contribution is -2.06. The molecule has 0 spiro atoms. The van der Waals surface area contributed by atoms with Gasteiger partial charge in [-0.2, -0.15) is 5.10 Å². The molecular weight excluding hydrogens is 142 g/mol. The molecule has 11 heavy (non-hydrogen) atoms. The van der Waals surface area contributed by atoms with Crippen LogP contribution in [0.5, 0.6) is 5.75 Å². The molecule has 0 fully saturated rings. The molecule has 1 aromatic rings. The summed E-state index contributed by atoms with van der Waals surface area (Å²) in [5.41, 5.74) is 1.89. The van der Waals surface area contributed by atoms with E-state index >= 15 is 0 Å². The molecule has 0 saturated heterocycles. The summed E-state index contributed by atoms with van der Waals surface area (Å²) < 4.78 is 5.13. The number of rotatable bonds is 3. The second kappa shape index (κ2) is 3.39. The quantitative estimate of drug-likeness (QED) is 0.666. The average molecular weight is 155 g/mol. The van der Waals surface area contributed by atoms with Gasteiger partial charge in [-0.05, 0) is 14.0 Å². The second-order valence-corrected chi connectivity index (χ2v) is 2.36. The zero-order chi connectivity index (χ0) is 8.27. The van der Waals surface area contributed by atoms with Crippen LogP contribution in [0.25, 0.3) is 0 Å². The van der Waals surface area contributed by atoms with E-state index in [2.05, 4.69) is 15.5 Å². The minimum Gasteiger partial charge on any atom is -0.493 e. The summed E-state index contributed by atoms with van der Waals surface area (Å²) in [6.45, 7) is 2.67. The van der Waals surface area contributed by atoms with Crippen molar-refractivity contribution in [2.24, 2.45) is 0 Å². The maximum atomic E-state index is 5.13. The van der Waals surface area contributed by atoms with E-state index in [1.807, 2.05) is 14.0 Å². The molecule has 0 aromatic carbocycles. The highest BCUT2D eigenvalue weighted by molar-refractivity contribution is 5.31. The van der Waals surface area contributed by atoms with E-state index in [0.29, 0.717) is 0 Å². The summed E-state index contributed by atoms with van der Waals surface area (Å²) in [5.74, 6) is 0.847. The van der Waals surface area contributed by atoms with Gasteiger partial charge in [-0.3, -0.25) is 5.10 Å². The van der Waals surface area contributed by atoms with Crippen LogP contribution >= 0.6 is 0 Å². The molecule has 0 saturated carbocycles. The summed E-state index contributed by atoms with van der Waals surface area (Å²) >= 11 is 0. The number of H-pyrrole nitrogens is 1. The predicted octanol–water partition coefficient (Wildman–Crippen LogP) is 0.446. The fourth-order valence-electron chi connectivity index (χ4n) is 1.03. The molecule has 2 N–H and O–H groups in total. The van der Waals surface area contributed by atoms with Crippen molar-refractivity contribution in [1.82, 2.24) is 15.5 Å². The largest absolute Gasteiger partial charge is 0.493 e. The first-order chi connectivity index (χ1) is 5.29. The van der Waals surface area contributed by atoms with E-state index in [1.54, 1.807) is 7.11 Å². The standard InChI is InChI=1S/C7H13N3O/c1-5-7(11-3)6(4-8-2)10-9-5/h8H,4H2,1-3H3,(H,9,10). The Morgan fingerprint density at radius 1 is 1.64 bits per heavy atom. The summed E-state index contributed by atoms with van der Waals surface area (Å²) in [6.07, 6.45) is 0. The normalized spacial score (nSPS) is 10.1. The van der Waals surface area contributed by atoms with Gasteiger partial charge in [-0.1, -0.05) is 0 Å². The smallest absolute Gasteiger partial charge is 0.163 e. The Labute approximate surface area is 66.0 Å². The molecule has 62 valence electrons. The average Bonchev–Trinajstić information content (AvgIpc) is 2.33. The van der Waals surface area contributed by atoms with Crippen LogP contribution in [-0.2, 0) is 6.54 Å². The minimum atomic E-state index is 0.730. The third-order valence-electron chi connectivity index (χ3n) is 1.51. The topological polar surface area (TPSA) is 49.9 Å². The van der Waals surface area contributed by atoms with Gasteiger partial charge in [0.15, 0.2) is 5.75 Å². The van der Waals surface area contributed by atoms with Gasteiger partial charge in [0.05, 0.1) is 12.8 Å². The van der Waals surface area contributed by atoms with E-state index < -0.39 is 0 Å². The Hall–Kier alpha value is -1.03. The molecule has 0 atom stereocenters. The summed E-state index contributed by atoms with van der Waals surface area (Å²) in [6, 6.07) is 0. The molecule has 4 heteroatoms. The molecular formula is C7H13N3O. The molecule has 0 unspecified atom stereocenters. The van der Waals surface area contributed by atoms with E-state index in [-0.39, 0.29) is 0 Å². The first-order valence-electron chi connectivity index (χ1n) is 3.52. The highest BCUT2D eigenvalue weighted by Gasteiger charge is 2.08. The van der Waals surface area contributed by atoms with Crippen LogP contribution in [0, 0.1) is 6.92 Å². The number of methoxy groups -OCH3 is 1. The lowest BCUT2D eigenvalue weighted by molar-refractivity contribution is 0.405. The fourth-order valence-corrected chi connectivity index (χ4v) is 1.03. The van der Waals surface area contributed by atoms with Gasteiger partial charge in [0.25, 0.3) is 0 Å². The van der Waals surface area contributed by atoms with Gasteiger partial charge in [0, 0.05) is 6.54 Å². The van der Waals surface area contributed by atoms with E-state index in [1.165, 1.54) is 0 Å². The molecule has 0 aliphatic carbocycles. The number of nitrogens with zero attached hydrogens (tertiary/aromatic N) is 1. The van der Waals surface area contributed by atoms with Crippen molar-refractivity contribution < 1.29 is 4.74 Å². The molecule has 0 radical (unpaired) electrons. The van der Waals surface area contributed by atoms with Crippen molar-refractivity contribution in [3.8, 4) is 5.75 Å². The molecule has 0 amide bonds. The van der Waals surface area contributed by atoms with Crippen LogP contribution in [0.4, 0.5) is 0 Å². The monoisotopic (exact) mass is 155 g/mol. The highest BCUT2D eigenvalue weighted by Crippen LogP contribution is 2.18. The fraction of sp³-hybridized carbons (Fsp3) is 0.571. The van der Waals surface area contributed by atoms with Crippen molar-refractivity contribution in [3.05, 3.63) is 11.4 Å². The zero-order valence-electron chi connectivity index (χ0n) is 7.06. The van der Waals surface area contributed by atoms with E-state index in [9.17, 15) is 0 Å². The first kappa shape index (κ1) is 8.07. The van der Waals surface area contributed by atoms with Crippen LogP contribution in [0.2, 0.25) is 0 Å². The highest BCUT2D eigenvalue weighted by atomic mass is 16.5. The number of ether oxygens (including phenoxy) is 1. The molecule has 1 aromatic heterocycles. The third-order valence-corrected chi connectivity index (χ3v) is 1.51. The molecule has 0 aliphatic heterocycles. The zero-order valence-corrected chi connectivity index (χ0v) is 7.06. The van der Waals surface area contributed by atoms with Gasteiger partial charge in [-0.25, -0.2) is 0 Å². The van der Waals surface area contributed by atoms with Crippen LogP contribution in [-0.4, -0.2) is 24.4 Å². The van der Waals surface area contributed by atoms with E-state index in [0.717, 1.165) is 23.7 Å². The van der Waals surface area contributed by atoms with Crippen LogP contribution in [0.3, 0.4) is 0 Å². The number of hydrogen-bond acceptors (Lipinski definition) is 3. The number of aryl methyl sites for hydroxylation is 1. The predicted molar refractivity (Wildman–Crippen MR) is 42.6 cm³/mol. The lowest BCUT2D eigenvalue weighted by atomic mass is 10.3. The molecule has 4 nitrogen and oxygen atoms in total. The first-order valence-corrected chi connectivity index (χ1v) is 3.52. The van der Waals surface area contributed by atoms with Crippen molar-refractivity contribution in [2.75, 3.05) is 14.2 Å². The van der Waals surface area contributed by atoms with Gasteiger partial charge in [0.1, 0.15) is 5.69 Å². The Bertz CT molecular complexity index is 232. The SMILES string of the molecule is CNCc1n[nH]c(C)c1OC. The molecule has 0 aliphatic rings. The number of hydrogen-bond donors (Lipinski definition) is 2. The van der Waals surface area contributed by atoms with Gasteiger partial charge in [0.2, 0.25) is 0 Å². The maximum Gasteiger partial charge on any atom is 0.163 e. The molecule has 1 rings (SSSR count). The van der Waals surface area contributed by atoms with Gasteiger partial charge < -0.3 is 10.1 Å². The van der Waals surface area contributed by atoms with Crippen molar-refractivity contribution in [3.63, 3.8) is 0 Å². The summed E-state index contributed by atoms with van der Waals surface area (Å²) in [7, 11) is 3.53. The van der Waals surface area contributed by atoms with Gasteiger partial charge in [-0.15, -0.1) is 0 Å². The number of aromatic amines is 1. The maximum absolute atomic E-state index is 5.13. The van der Waals surface area contributed by atoms with Gasteiger partial charge >= 0.3 is 0 Å². The Kier molecular flexibility index (Phi) is 2.48. The summed E-state index contributed by atoms with van der Waals surface area (Å²) in [4.78, 5) is 0. The third kappa shape index (κ3) is 1.51. The Morgan fingerprint density at radius 3 is 2.91 bits per heavy atom. The lowest BCUT2D eigenvalue weighted by Gasteiger charge is -1.99. The van der Waals surface area contributed by atoms with Crippen LogP contribution in [0.15, 0.2) is 0 Å². The Balaban J connectivity index is 2.86. The van der Waals surface area contributed by atoms with E-state index in [4.69, 9.17) is 4.74 Å². The van der Waals surface area contributed by atoms with Crippen LogP contribution < -0.4 is 10.1 Å². The minimum absolute atomic E-state index is 0.730. The molecule has 0 bridgehead atoms. The number of nitrogens with one attached hydrogen (secondary N) is 2. The van der Waals surface area contributed by atoms with Crippen LogP contribution in [0.1, 0.15) is 11.4 Å². The molecule has 1 heterocycles. The number of aromatic nitrogens is 2. The Morgan fingerprint density at radius 2 is 2.36 bits per heavy atom. The second-order valence-electron chi connectivity index (χ2n) is 2.36. The van der Waals surface area contributed by atoms with Crippen molar-refractivity contribution in [1.29, 1.82) is 0 Å². The van der Waals surface area contributed by atoms with Crippen molar-refractivity contribution in [2.45, 2.75) is 13.5 Å². The van der Waals surface area contributed by atoms with Crippen molar-refractivity contribution >= 4 is 0 Å². The summed E-state index contributed by atoms with van der Waals surface area (Å²) in [5, 5.41) is 9.93.